The fourth-order valence-electron chi connectivity index (χ4n) is 2.19. The molecule has 0 saturated carbocycles. The number of carbonyl (C=O) groups excluding carboxylic acids is 1. The Labute approximate surface area is 144 Å². The Balaban J connectivity index is 1.61. The lowest BCUT2D eigenvalue weighted by molar-refractivity contribution is 0.102. The number of carbonyl (C=O) groups is 1. The molecule has 4 N–H and O–H groups in total. The Morgan fingerprint density at radius 2 is 1.92 bits per heavy atom. The van der Waals surface area contributed by atoms with Crippen LogP contribution in [0.25, 0.3) is 0 Å². The van der Waals surface area contributed by atoms with Crippen molar-refractivity contribution in [3.63, 3.8) is 0 Å². The van der Waals surface area contributed by atoms with Crippen LogP contribution in [0.1, 0.15) is 20.8 Å². The van der Waals surface area contributed by atoms with Crippen LogP contribution in [0.2, 0.25) is 0 Å². The summed E-state index contributed by atoms with van der Waals surface area (Å²) >= 11 is 1.62. The predicted octanol–water partition coefficient (Wildman–Crippen LogP) is 3.90. The molecule has 1 heterocycles. The van der Waals surface area contributed by atoms with Crippen molar-refractivity contribution in [1.82, 2.24) is 4.98 Å². The van der Waals surface area contributed by atoms with Crippen molar-refractivity contribution in [3.8, 4) is 0 Å². The van der Waals surface area contributed by atoms with Gasteiger partial charge >= 0.3 is 0 Å². The van der Waals surface area contributed by atoms with Gasteiger partial charge in [0.15, 0.2) is 5.13 Å². The second-order valence-corrected chi connectivity index (χ2v) is 6.60. The molecule has 0 unspecified atom stereocenters. The lowest BCUT2D eigenvalue weighted by Crippen LogP contribution is -2.13. The highest BCUT2D eigenvalue weighted by Crippen LogP contribution is 2.19. The van der Waals surface area contributed by atoms with Crippen LogP contribution < -0.4 is 16.4 Å². The Kier molecular flexibility index (Phi) is 4.77. The molecule has 1 aromatic heterocycles. The topological polar surface area (TPSA) is 80.0 Å². The molecule has 122 valence electrons. The average molecular weight is 338 g/mol. The summed E-state index contributed by atoms with van der Waals surface area (Å²) in [5, 5.41) is 6.98. The number of hydrogen-bond donors (Lipinski definition) is 3. The van der Waals surface area contributed by atoms with Gasteiger partial charge in [0.25, 0.3) is 5.91 Å². The summed E-state index contributed by atoms with van der Waals surface area (Å²) in [6, 6.07) is 14.7. The number of para-hydroxylation sites is 2. The van der Waals surface area contributed by atoms with E-state index < -0.39 is 0 Å². The number of thiazole rings is 1. The minimum atomic E-state index is -0.178. The van der Waals surface area contributed by atoms with Crippen molar-refractivity contribution in [2.45, 2.75) is 13.5 Å². The molecular weight excluding hydrogens is 320 g/mol. The summed E-state index contributed by atoms with van der Waals surface area (Å²) in [7, 11) is 0. The van der Waals surface area contributed by atoms with Crippen molar-refractivity contribution >= 4 is 33.8 Å². The first-order valence-corrected chi connectivity index (χ1v) is 8.34. The smallest absolute Gasteiger partial charge is 0.255 e. The summed E-state index contributed by atoms with van der Waals surface area (Å²) in [6.45, 7) is 2.69. The van der Waals surface area contributed by atoms with Gasteiger partial charge in [-0.25, -0.2) is 4.98 Å². The fourth-order valence-corrected chi connectivity index (χ4v) is 2.85. The molecular formula is C18H18N4OS. The van der Waals surface area contributed by atoms with Crippen LogP contribution in [0.3, 0.4) is 0 Å². The molecule has 0 atom stereocenters. The van der Waals surface area contributed by atoms with Crippen LogP contribution in [-0.4, -0.2) is 10.9 Å². The van der Waals surface area contributed by atoms with Crippen LogP contribution >= 0.6 is 11.3 Å². The van der Waals surface area contributed by atoms with Gasteiger partial charge in [0.2, 0.25) is 0 Å². The number of rotatable bonds is 5. The maximum Gasteiger partial charge on any atom is 0.255 e. The minimum absolute atomic E-state index is 0.178. The van der Waals surface area contributed by atoms with Crippen molar-refractivity contribution in [1.29, 1.82) is 0 Å². The lowest BCUT2D eigenvalue weighted by Gasteiger charge is -2.08. The third kappa shape index (κ3) is 3.91. The van der Waals surface area contributed by atoms with Gasteiger partial charge in [0.1, 0.15) is 0 Å². The Morgan fingerprint density at radius 1 is 1.17 bits per heavy atom. The SMILES string of the molecule is Cc1cnc(NCc2ccc(C(=O)Nc3ccccc3N)cc2)s1. The monoisotopic (exact) mass is 338 g/mol. The standard InChI is InChI=1S/C18H18N4OS/c1-12-10-20-18(24-12)21-11-13-6-8-14(9-7-13)17(23)22-16-5-3-2-4-15(16)19/h2-10H,11,19H2,1H3,(H,20,21)(H,22,23). The molecule has 0 aliphatic rings. The largest absolute Gasteiger partial charge is 0.397 e. The molecule has 0 spiro atoms. The van der Waals surface area contributed by atoms with E-state index in [1.807, 2.05) is 37.4 Å². The van der Waals surface area contributed by atoms with Crippen molar-refractivity contribution in [2.24, 2.45) is 0 Å². The second kappa shape index (κ2) is 7.14. The molecule has 3 rings (SSSR count). The first-order valence-electron chi connectivity index (χ1n) is 7.53. The van der Waals surface area contributed by atoms with Gasteiger partial charge in [-0.3, -0.25) is 4.79 Å². The highest BCUT2D eigenvalue weighted by molar-refractivity contribution is 7.15. The predicted molar refractivity (Wildman–Crippen MR) is 99.4 cm³/mol. The zero-order valence-electron chi connectivity index (χ0n) is 13.2. The number of nitrogens with one attached hydrogen (secondary N) is 2. The quantitative estimate of drug-likeness (QED) is 0.616. The van der Waals surface area contributed by atoms with Gasteiger partial charge in [0.05, 0.1) is 11.4 Å². The average Bonchev–Trinajstić information content (AvgIpc) is 3.01. The number of aryl methyl sites for hydroxylation is 1. The summed E-state index contributed by atoms with van der Waals surface area (Å²) in [5.41, 5.74) is 8.68. The zero-order valence-corrected chi connectivity index (χ0v) is 14.1. The number of nitrogens with two attached hydrogens (primary N) is 1. The van der Waals surface area contributed by atoms with E-state index in [0.29, 0.717) is 23.5 Å². The molecule has 1 amide bonds. The summed E-state index contributed by atoms with van der Waals surface area (Å²) in [4.78, 5) is 17.7. The molecule has 0 aliphatic heterocycles. The van der Waals surface area contributed by atoms with Crippen LogP contribution in [0.15, 0.2) is 54.7 Å². The molecule has 6 heteroatoms. The number of aromatic nitrogens is 1. The normalized spacial score (nSPS) is 10.4. The van der Waals surface area contributed by atoms with Gasteiger partial charge < -0.3 is 16.4 Å². The van der Waals surface area contributed by atoms with E-state index in [2.05, 4.69) is 15.6 Å². The number of amides is 1. The maximum absolute atomic E-state index is 12.3. The molecule has 0 radical (unpaired) electrons. The second-order valence-electron chi connectivity index (χ2n) is 5.37. The van der Waals surface area contributed by atoms with Crippen LogP contribution in [-0.2, 0) is 6.54 Å². The Morgan fingerprint density at radius 3 is 2.58 bits per heavy atom. The zero-order chi connectivity index (χ0) is 16.9. The van der Waals surface area contributed by atoms with Crippen LogP contribution in [0, 0.1) is 6.92 Å². The summed E-state index contributed by atoms with van der Waals surface area (Å²) in [5.74, 6) is -0.178. The Bertz CT molecular complexity index is 842. The molecule has 24 heavy (non-hydrogen) atoms. The molecule has 0 saturated heterocycles. The van der Waals surface area contributed by atoms with Gasteiger partial charge in [-0.05, 0) is 36.8 Å². The highest BCUT2D eigenvalue weighted by Gasteiger charge is 2.08. The van der Waals surface area contributed by atoms with E-state index >= 15 is 0 Å². The number of benzene rings is 2. The van der Waals surface area contributed by atoms with E-state index in [1.54, 1.807) is 35.6 Å². The van der Waals surface area contributed by atoms with Gasteiger partial charge in [-0.15, -0.1) is 11.3 Å². The number of nitrogens with zero attached hydrogens (tertiary/aromatic N) is 1. The fraction of sp³-hybridized carbons (Fsp3) is 0.111. The van der Waals surface area contributed by atoms with E-state index in [4.69, 9.17) is 5.73 Å². The van der Waals surface area contributed by atoms with Crippen molar-refractivity contribution < 1.29 is 4.79 Å². The van der Waals surface area contributed by atoms with Crippen LogP contribution in [0.5, 0.6) is 0 Å². The van der Waals surface area contributed by atoms with E-state index in [0.717, 1.165) is 10.7 Å². The van der Waals surface area contributed by atoms with Crippen molar-refractivity contribution in [2.75, 3.05) is 16.4 Å². The number of anilines is 3. The molecule has 0 bridgehead atoms. The van der Waals surface area contributed by atoms with E-state index in [9.17, 15) is 4.79 Å². The van der Waals surface area contributed by atoms with E-state index in [-0.39, 0.29) is 5.91 Å². The van der Waals surface area contributed by atoms with Gasteiger partial charge in [-0.1, -0.05) is 24.3 Å². The molecule has 0 aliphatic carbocycles. The third-order valence-corrected chi connectivity index (χ3v) is 4.36. The molecule has 3 aromatic rings. The lowest BCUT2D eigenvalue weighted by atomic mass is 10.1. The van der Waals surface area contributed by atoms with Crippen molar-refractivity contribution in [3.05, 3.63) is 70.7 Å². The van der Waals surface area contributed by atoms with Gasteiger partial charge in [-0.2, -0.15) is 0 Å². The summed E-state index contributed by atoms with van der Waals surface area (Å²) in [6.07, 6.45) is 1.84. The Hall–Kier alpha value is -2.86. The summed E-state index contributed by atoms with van der Waals surface area (Å²) < 4.78 is 0. The number of nitrogen functional groups attached to an aromatic ring is 1. The van der Waals surface area contributed by atoms with Crippen LogP contribution in [0.4, 0.5) is 16.5 Å². The third-order valence-electron chi connectivity index (χ3n) is 3.49. The first kappa shape index (κ1) is 16.0. The van der Waals surface area contributed by atoms with E-state index in [1.165, 1.54) is 4.88 Å². The van der Waals surface area contributed by atoms with Gasteiger partial charge in [0, 0.05) is 23.2 Å². The first-order chi connectivity index (χ1) is 11.6. The minimum Gasteiger partial charge on any atom is -0.397 e. The molecule has 5 nitrogen and oxygen atoms in total. The maximum atomic E-state index is 12.3. The molecule has 2 aromatic carbocycles. The number of hydrogen-bond acceptors (Lipinski definition) is 5. The molecule has 0 fully saturated rings. The highest BCUT2D eigenvalue weighted by atomic mass is 32.1.